The molecule has 2 aromatic carbocycles. The number of halogens is 1. The van der Waals surface area contributed by atoms with Gasteiger partial charge in [0.05, 0.1) is 47.9 Å². The molecule has 0 aromatic heterocycles. The Labute approximate surface area is 193 Å². The summed E-state index contributed by atoms with van der Waals surface area (Å²) in [6.07, 6.45) is 0. The first-order chi connectivity index (χ1) is 15.0. The maximum Gasteiger partial charge on any atom is 0.320 e. The number of carbonyl (C=O) groups excluding carboxylic acids is 2. The van der Waals surface area contributed by atoms with Gasteiger partial charge in [0.2, 0.25) is 5.91 Å². The predicted molar refractivity (Wildman–Crippen MR) is 125 cm³/mol. The smallest absolute Gasteiger partial charge is 0.320 e. The minimum Gasteiger partial charge on any atom is -0.496 e. The van der Waals surface area contributed by atoms with E-state index in [0.29, 0.717) is 18.0 Å². The number of para-hydroxylation sites is 1. The lowest BCUT2D eigenvalue weighted by Crippen LogP contribution is -2.49. The molecule has 0 radical (unpaired) electrons. The zero-order valence-electron chi connectivity index (χ0n) is 16.9. The van der Waals surface area contributed by atoms with Crippen molar-refractivity contribution < 1.29 is 19.4 Å². The molecule has 2 aromatic rings. The van der Waals surface area contributed by atoms with Gasteiger partial charge >= 0.3 is 6.03 Å². The Morgan fingerprint density at radius 3 is 2.87 bits per heavy atom. The van der Waals surface area contributed by atoms with Crippen molar-refractivity contribution in [2.24, 2.45) is 0 Å². The van der Waals surface area contributed by atoms with E-state index in [9.17, 15) is 9.59 Å². The Hall–Kier alpha value is -2.49. The first kappa shape index (κ1) is 21.7. The van der Waals surface area contributed by atoms with Crippen molar-refractivity contribution in [1.82, 2.24) is 10.6 Å². The number of fused-ring (bicyclic) bond motifs is 2. The van der Waals surface area contributed by atoms with Gasteiger partial charge in [0.1, 0.15) is 5.75 Å². The van der Waals surface area contributed by atoms with Gasteiger partial charge in [-0.2, -0.15) is 0 Å². The normalized spacial score (nSPS) is 17.5. The van der Waals surface area contributed by atoms with E-state index in [-0.39, 0.29) is 30.3 Å². The molecule has 4 rings (SSSR count). The van der Waals surface area contributed by atoms with Gasteiger partial charge in [-0.3, -0.25) is 4.79 Å². The molecule has 2 heterocycles. The molecule has 1 atom stereocenters. The van der Waals surface area contributed by atoms with Crippen LogP contribution >= 0.6 is 27.7 Å². The third kappa shape index (κ3) is 4.30. The SMILES string of the molecule is COc1ccc(C2NC(=O)NC3=C2CN(C(=O)CSCCO)c2ccccc23)cc1Br. The second-order valence-corrected chi connectivity index (χ2v) is 9.06. The van der Waals surface area contributed by atoms with E-state index in [4.69, 9.17) is 9.84 Å². The number of urea groups is 1. The fourth-order valence-electron chi connectivity index (χ4n) is 3.85. The van der Waals surface area contributed by atoms with Crippen molar-refractivity contribution in [2.75, 3.05) is 36.7 Å². The monoisotopic (exact) mass is 503 g/mol. The number of hydrogen-bond acceptors (Lipinski definition) is 5. The van der Waals surface area contributed by atoms with Crippen molar-refractivity contribution in [3.05, 3.63) is 63.6 Å². The molecule has 0 fully saturated rings. The molecule has 0 saturated heterocycles. The fraction of sp³-hybridized carbons (Fsp3) is 0.273. The molecule has 31 heavy (non-hydrogen) atoms. The van der Waals surface area contributed by atoms with Crippen molar-refractivity contribution >= 4 is 51.0 Å². The van der Waals surface area contributed by atoms with Gasteiger partial charge in [-0.25, -0.2) is 4.79 Å². The van der Waals surface area contributed by atoms with Crippen LogP contribution in [-0.2, 0) is 4.79 Å². The lowest BCUT2D eigenvalue weighted by atomic mass is 9.89. The summed E-state index contributed by atoms with van der Waals surface area (Å²) in [5.41, 5.74) is 4.13. The number of benzene rings is 2. The highest BCUT2D eigenvalue weighted by Crippen LogP contribution is 2.41. The average molecular weight is 504 g/mol. The molecule has 7 nitrogen and oxygen atoms in total. The number of aliphatic hydroxyl groups excluding tert-OH is 1. The number of methoxy groups -OCH3 is 1. The minimum atomic E-state index is -0.389. The highest BCUT2D eigenvalue weighted by molar-refractivity contribution is 9.10. The van der Waals surface area contributed by atoms with Crippen LogP contribution in [-0.4, -0.2) is 48.8 Å². The second-order valence-electron chi connectivity index (χ2n) is 7.10. The molecule has 3 amide bonds. The summed E-state index contributed by atoms with van der Waals surface area (Å²) in [5.74, 6) is 1.44. The highest BCUT2D eigenvalue weighted by Gasteiger charge is 2.36. The molecule has 9 heteroatoms. The number of thioether (sulfide) groups is 1. The van der Waals surface area contributed by atoms with E-state index < -0.39 is 0 Å². The number of aliphatic hydroxyl groups is 1. The number of nitrogens with zero attached hydrogens (tertiary/aromatic N) is 1. The number of ether oxygens (including phenoxy) is 1. The Bertz CT molecular complexity index is 1060. The molecule has 3 N–H and O–H groups in total. The Morgan fingerprint density at radius 2 is 2.13 bits per heavy atom. The minimum absolute atomic E-state index is 0.0359. The molecule has 2 aliphatic heterocycles. The van der Waals surface area contributed by atoms with E-state index in [1.54, 1.807) is 12.0 Å². The number of carbonyl (C=O) groups is 2. The Balaban J connectivity index is 1.75. The molecule has 162 valence electrons. The molecular formula is C22H22BrN3O4S. The summed E-state index contributed by atoms with van der Waals surface area (Å²) in [6, 6.07) is 12.6. The number of nitrogens with one attached hydrogen (secondary N) is 2. The van der Waals surface area contributed by atoms with Gasteiger partial charge in [0, 0.05) is 16.9 Å². The van der Waals surface area contributed by atoms with Crippen LogP contribution in [0.25, 0.3) is 5.70 Å². The Kier molecular flexibility index (Phi) is 6.54. The quantitative estimate of drug-likeness (QED) is 0.526. The first-order valence-corrected chi connectivity index (χ1v) is 11.7. The van der Waals surface area contributed by atoms with Crippen LogP contribution in [0.5, 0.6) is 5.75 Å². The van der Waals surface area contributed by atoms with Crippen molar-refractivity contribution in [1.29, 1.82) is 0 Å². The standard InChI is InChI=1S/C22H22BrN3O4S/c1-30-18-7-6-13(10-16(18)23)20-15-11-26(19(28)12-31-9-8-27)17-5-3-2-4-14(17)21(15)25-22(29)24-20/h2-7,10,20,27H,8-9,11-12H2,1H3,(H2,24,25,29). The second kappa shape index (κ2) is 9.33. The number of anilines is 1. The van der Waals surface area contributed by atoms with Gasteiger partial charge in [-0.15, -0.1) is 11.8 Å². The van der Waals surface area contributed by atoms with Crippen LogP contribution in [0, 0.1) is 0 Å². The van der Waals surface area contributed by atoms with E-state index in [1.165, 1.54) is 11.8 Å². The van der Waals surface area contributed by atoms with E-state index in [0.717, 1.165) is 32.6 Å². The first-order valence-electron chi connectivity index (χ1n) is 9.76. The summed E-state index contributed by atoms with van der Waals surface area (Å²) in [4.78, 5) is 27.3. The molecule has 0 spiro atoms. The predicted octanol–water partition coefficient (Wildman–Crippen LogP) is 3.30. The average Bonchev–Trinajstić information content (AvgIpc) is 2.78. The molecular weight excluding hydrogens is 482 g/mol. The van der Waals surface area contributed by atoms with Crippen LogP contribution in [0.4, 0.5) is 10.5 Å². The maximum atomic E-state index is 13.0. The van der Waals surface area contributed by atoms with E-state index >= 15 is 0 Å². The van der Waals surface area contributed by atoms with Crippen molar-refractivity contribution in [2.45, 2.75) is 6.04 Å². The van der Waals surface area contributed by atoms with Gasteiger partial charge < -0.3 is 25.4 Å². The van der Waals surface area contributed by atoms with Gasteiger partial charge in [0.25, 0.3) is 0 Å². The van der Waals surface area contributed by atoms with Crippen LogP contribution in [0.1, 0.15) is 17.2 Å². The van der Waals surface area contributed by atoms with Gasteiger partial charge in [-0.05, 0) is 39.7 Å². The zero-order valence-corrected chi connectivity index (χ0v) is 19.3. The number of hydrogen-bond donors (Lipinski definition) is 3. The van der Waals surface area contributed by atoms with Crippen LogP contribution in [0.2, 0.25) is 0 Å². The van der Waals surface area contributed by atoms with Crippen molar-refractivity contribution in [3.63, 3.8) is 0 Å². The lowest BCUT2D eigenvalue weighted by molar-refractivity contribution is -0.116. The molecule has 0 saturated carbocycles. The van der Waals surface area contributed by atoms with Crippen LogP contribution in [0.3, 0.4) is 0 Å². The highest BCUT2D eigenvalue weighted by atomic mass is 79.9. The fourth-order valence-corrected chi connectivity index (χ4v) is 5.01. The summed E-state index contributed by atoms with van der Waals surface area (Å²) in [6.45, 7) is 0.390. The molecule has 1 unspecified atom stereocenters. The summed E-state index contributed by atoms with van der Waals surface area (Å²) >= 11 is 4.92. The zero-order chi connectivity index (χ0) is 22.0. The third-order valence-corrected chi connectivity index (χ3v) is 6.79. The maximum absolute atomic E-state index is 13.0. The lowest BCUT2D eigenvalue weighted by Gasteiger charge is -2.39. The summed E-state index contributed by atoms with van der Waals surface area (Å²) in [7, 11) is 1.60. The van der Waals surface area contributed by atoms with Crippen molar-refractivity contribution in [3.8, 4) is 5.75 Å². The van der Waals surface area contributed by atoms with Crippen LogP contribution in [0.15, 0.2) is 52.5 Å². The summed E-state index contributed by atoms with van der Waals surface area (Å²) in [5, 5.41) is 15.0. The molecule has 2 aliphatic rings. The van der Waals surface area contributed by atoms with Crippen LogP contribution < -0.4 is 20.3 Å². The number of rotatable bonds is 6. The molecule has 0 aliphatic carbocycles. The summed E-state index contributed by atoms with van der Waals surface area (Å²) < 4.78 is 6.11. The van der Waals surface area contributed by atoms with E-state index in [2.05, 4.69) is 26.6 Å². The third-order valence-electron chi connectivity index (χ3n) is 5.25. The topological polar surface area (TPSA) is 90.9 Å². The van der Waals surface area contributed by atoms with Gasteiger partial charge in [-0.1, -0.05) is 24.3 Å². The Morgan fingerprint density at radius 1 is 1.32 bits per heavy atom. The molecule has 0 bridgehead atoms. The number of amides is 3. The van der Waals surface area contributed by atoms with E-state index in [1.807, 2.05) is 42.5 Å². The van der Waals surface area contributed by atoms with Gasteiger partial charge in [0.15, 0.2) is 0 Å². The largest absolute Gasteiger partial charge is 0.496 e.